The average molecular weight is 238 g/mol. The second-order valence-electron chi connectivity index (χ2n) is 4.36. The maximum absolute atomic E-state index is 4.41. The summed E-state index contributed by atoms with van der Waals surface area (Å²) in [7, 11) is 1.95. The lowest BCUT2D eigenvalue weighted by Crippen LogP contribution is -1.94. The summed E-state index contributed by atoms with van der Waals surface area (Å²) in [4.78, 5) is 13.1. The minimum atomic E-state index is 0.783. The Kier molecular flexibility index (Phi) is 2.76. The van der Waals surface area contributed by atoms with E-state index in [2.05, 4.69) is 33.2 Å². The van der Waals surface area contributed by atoms with E-state index in [1.807, 2.05) is 30.2 Å². The van der Waals surface area contributed by atoms with Gasteiger partial charge in [0.25, 0.3) is 0 Å². The molecule has 0 atom stereocenters. The Bertz CT molecular complexity index is 605. The van der Waals surface area contributed by atoms with Gasteiger partial charge in [-0.2, -0.15) is 0 Å². The largest absolute Gasteiger partial charge is 0.340 e. The summed E-state index contributed by atoms with van der Waals surface area (Å²) in [6.45, 7) is 0. The number of rotatable bonds is 2. The highest BCUT2D eigenvalue weighted by Gasteiger charge is 2.06. The van der Waals surface area contributed by atoms with E-state index in [4.69, 9.17) is 0 Å². The zero-order valence-corrected chi connectivity index (χ0v) is 10.2. The van der Waals surface area contributed by atoms with Crippen molar-refractivity contribution in [2.75, 3.05) is 0 Å². The van der Waals surface area contributed by atoms with Gasteiger partial charge < -0.3 is 4.57 Å². The monoisotopic (exact) mass is 238 g/mol. The maximum Gasteiger partial charge on any atom is 0.158 e. The summed E-state index contributed by atoms with van der Waals surface area (Å²) in [5, 5.41) is 0. The number of nitrogens with zero attached hydrogens (tertiary/aromatic N) is 4. The van der Waals surface area contributed by atoms with E-state index in [-0.39, 0.29) is 0 Å². The second-order valence-corrected chi connectivity index (χ2v) is 4.36. The van der Waals surface area contributed by atoms with Crippen molar-refractivity contribution in [1.82, 2.24) is 19.5 Å². The number of imidazole rings is 1. The van der Waals surface area contributed by atoms with Gasteiger partial charge in [-0.15, -0.1) is 0 Å². The predicted octanol–water partition coefficient (Wildman–Crippen LogP) is 2.61. The molecule has 2 aromatic rings. The highest BCUT2D eigenvalue weighted by atomic mass is 15.0. The zero-order valence-electron chi connectivity index (χ0n) is 10.2. The number of aromatic nitrogens is 4. The lowest BCUT2D eigenvalue weighted by molar-refractivity contribution is 0.913. The van der Waals surface area contributed by atoms with E-state index < -0.39 is 0 Å². The van der Waals surface area contributed by atoms with Crippen LogP contribution in [0, 0.1) is 0 Å². The first kappa shape index (κ1) is 10.9. The molecule has 3 rings (SSSR count). The molecule has 2 heterocycles. The van der Waals surface area contributed by atoms with Crippen molar-refractivity contribution >= 4 is 5.57 Å². The minimum absolute atomic E-state index is 0.783. The van der Waals surface area contributed by atoms with Crippen molar-refractivity contribution in [1.29, 1.82) is 0 Å². The van der Waals surface area contributed by atoms with Crippen LogP contribution < -0.4 is 0 Å². The Morgan fingerprint density at radius 1 is 1.11 bits per heavy atom. The van der Waals surface area contributed by atoms with Crippen LogP contribution in [0.1, 0.15) is 18.7 Å². The molecular weight excluding hydrogens is 224 g/mol. The molecule has 0 aliphatic heterocycles. The maximum atomic E-state index is 4.41. The molecule has 90 valence electrons. The van der Waals surface area contributed by atoms with Crippen LogP contribution in [-0.2, 0) is 7.05 Å². The van der Waals surface area contributed by atoms with Crippen LogP contribution in [0.5, 0.6) is 0 Å². The van der Waals surface area contributed by atoms with E-state index in [1.165, 1.54) is 0 Å². The summed E-state index contributed by atoms with van der Waals surface area (Å²) in [5.74, 6) is 0.783. The standard InChI is InChI=1S/C14H14N4/c1-18-9-13(17-10-18)12-7-15-14(16-8-12)11-5-3-2-4-6-11/h3,5-10H,2,4H2,1H3. The average Bonchev–Trinajstić information content (AvgIpc) is 2.87. The molecule has 1 aliphatic carbocycles. The third kappa shape index (κ3) is 2.09. The fourth-order valence-electron chi connectivity index (χ4n) is 1.95. The van der Waals surface area contributed by atoms with Gasteiger partial charge in [-0.05, 0) is 12.8 Å². The fourth-order valence-corrected chi connectivity index (χ4v) is 1.95. The van der Waals surface area contributed by atoms with Crippen molar-refractivity contribution in [3.8, 4) is 11.3 Å². The van der Waals surface area contributed by atoms with Crippen LogP contribution in [-0.4, -0.2) is 19.5 Å². The molecular formula is C14H14N4. The number of aryl methyl sites for hydroxylation is 1. The van der Waals surface area contributed by atoms with Crippen LogP contribution in [0.15, 0.2) is 43.1 Å². The Labute approximate surface area is 106 Å². The van der Waals surface area contributed by atoms with Crippen molar-refractivity contribution in [2.45, 2.75) is 12.8 Å². The molecule has 0 radical (unpaired) electrons. The molecule has 0 spiro atoms. The topological polar surface area (TPSA) is 43.6 Å². The van der Waals surface area contributed by atoms with Gasteiger partial charge in [0.15, 0.2) is 5.82 Å². The van der Waals surface area contributed by atoms with Gasteiger partial charge >= 0.3 is 0 Å². The van der Waals surface area contributed by atoms with Crippen molar-refractivity contribution in [3.63, 3.8) is 0 Å². The SMILES string of the molecule is Cn1cnc(-c2cnc(C3=CCCC=C3)nc2)c1. The van der Waals surface area contributed by atoms with E-state index in [0.717, 1.165) is 35.5 Å². The number of hydrogen-bond acceptors (Lipinski definition) is 3. The van der Waals surface area contributed by atoms with Gasteiger partial charge in [0.1, 0.15) is 0 Å². The summed E-state index contributed by atoms with van der Waals surface area (Å²) in [6.07, 6.45) is 16.0. The van der Waals surface area contributed by atoms with Crippen LogP contribution >= 0.6 is 0 Å². The van der Waals surface area contributed by atoms with Gasteiger partial charge in [-0.1, -0.05) is 18.2 Å². The van der Waals surface area contributed by atoms with Gasteiger partial charge in [-0.3, -0.25) is 0 Å². The molecule has 0 unspecified atom stereocenters. The van der Waals surface area contributed by atoms with Gasteiger partial charge in [0.2, 0.25) is 0 Å². The lowest BCUT2D eigenvalue weighted by atomic mass is 10.1. The van der Waals surface area contributed by atoms with Crippen molar-refractivity contribution in [3.05, 3.63) is 49.0 Å². The molecule has 0 aromatic carbocycles. The van der Waals surface area contributed by atoms with Crippen LogP contribution in [0.4, 0.5) is 0 Å². The third-order valence-corrected chi connectivity index (χ3v) is 2.91. The predicted molar refractivity (Wildman–Crippen MR) is 70.6 cm³/mol. The zero-order chi connectivity index (χ0) is 12.4. The Balaban J connectivity index is 1.89. The molecule has 0 saturated heterocycles. The first-order valence-electron chi connectivity index (χ1n) is 6.00. The van der Waals surface area contributed by atoms with Crippen LogP contribution in [0.25, 0.3) is 16.8 Å². The van der Waals surface area contributed by atoms with E-state index in [0.29, 0.717) is 0 Å². The Morgan fingerprint density at radius 2 is 1.94 bits per heavy atom. The molecule has 0 bridgehead atoms. The fraction of sp³-hybridized carbons (Fsp3) is 0.214. The molecule has 1 aliphatic rings. The van der Waals surface area contributed by atoms with Crippen molar-refractivity contribution < 1.29 is 0 Å². The van der Waals surface area contributed by atoms with E-state index >= 15 is 0 Å². The van der Waals surface area contributed by atoms with E-state index in [9.17, 15) is 0 Å². The van der Waals surface area contributed by atoms with Crippen LogP contribution in [0.3, 0.4) is 0 Å². The highest BCUT2D eigenvalue weighted by Crippen LogP contribution is 2.20. The molecule has 2 aromatic heterocycles. The van der Waals surface area contributed by atoms with E-state index in [1.54, 1.807) is 6.33 Å². The molecule has 0 fully saturated rings. The third-order valence-electron chi connectivity index (χ3n) is 2.91. The number of hydrogen-bond donors (Lipinski definition) is 0. The van der Waals surface area contributed by atoms with Gasteiger partial charge in [-0.25, -0.2) is 15.0 Å². The summed E-state index contributed by atoms with van der Waals surface area (Å²) >= 11 is 0. The Morgan fingerprint density at radius 3 is 2.56 bits per heavy atom. The molecule has 4 heteroatoms. The van der Waals surface area contributed by atoms with Crippen molar-refractivity contribution in [2.24, 2.45) is 7.05 Å². The summed E-state index contributed by atoms with van der Waals surface area (Å²) in [6, 6.07) is 0. The first-order chi connectivity index (χ1) is 8.83. The molecule has 0 saturated carbocycles. The van der Waals surface area contributed by atoms with Crippen LogP contribution in [0.2, 0.25) is 0 Å². The van der Waals surface area contributed by atoms with Gasteiger partial charge in [0, 0.05) is 36.8 Å². The quantitative estimate of drug-likeness (QED) is 0.807. The minimum Gasteiger partial charge on any atom is -0.340 e. The first-order valence-corrected chi connectivity index (χ1v) is 6.00. The normalized spacial score (nSPS) is 14.6. The summed E-state index contributed by atoms with van der Waals surface area (Å²) in [5.41, 5.74) is 2.95. The summed E-state index contributed by atoms with van der Waals surface area (Å²) < 4.78 is 1.91. The highest BCUT2D eigenvalue weighted by molar-refractivity contribution is 5.70. The number of allylic oxidation sites excluding steroid dienone is 4. The van der Waals surface area contributed by atoms with Gasteiger partial charge in [0.05, 0.1) is 12.0 Å². The molecule has 18 heavy (non-hydrogen) atoms. The molecule has 0 amide bonds. The Hall–Kier alpha value is -2.23. The smallest absolute Gasteiger partial charge is 0.158 e. The lowest BCUT2D eigenvalue weighted by Gasteiger charge is -2.05. The molecule has 4 nitrogen and oxygen atoms in total. The second kappa shape index (κ2) is 4.56. The molecule has 0 N–H and O–H groups in total.